The Labute approximate surface area is 343 Å². The monoisotopic (exact) mass is 856 g/mol. The Morgan fingerprint density at radius 1 is 0.695 bits per heavy atom. The van der Waals surface area contributed by atoms with E-state index in [0.717, 1.165) is 10.8 Å². The van der Waals surface area contributed by atoms with Gasteiger partial charge in [0.1, 0.15) is 54.7 Å². The number of benzene rings is 6. The number of aliphatic hydroxyl groups is 2. The van der Waals surface area contributed by atoms with E-state index in [1.165, 1.54) is 0 Å². The third-order valence-corrected chi connectivity index (χ3v) is 13.2. The molecule has 9 rings (SSSR count). The molecule has 17 heteroatoms. The van der Waals surface area contributed by atoms with E-state index >= 15 is 0 Å². The zero-order chi connectivity index (χ0) is 41.1. The summed E-state index contributed by atoms with van der Waals surface area (Å²) in [6.07, 6.45) is 0. The number of halogens is 1. The van der Waals surface area contributed by atoms with Gasteiger partial charge in [-0.1, -0.05) is 72.8 Å². The van der Waals surface area contributed by atoms with Crippen LogP contribution in [0.5, 0.6) is 23.0 Å². The summed E-state index contributed by atoms with van der Waals surface area (Å²) in [5.74, 6) is 1.91. The minimum atomic E-state index is -3.93. The molecule has 0 bridgehead atoms. The first kappa shape index (κ1) is 39.9. The number of hydrogen-bond donors (Lipinski definition) is 3. The van der Waals surface area contributed by atoms with Crippen molar-refractivity contribution in [2.75, 3.05) is 45.5 Å². The summed E-state index contributed by atoms with van der Waals surface area (Å²) in [6.45, 7) is 0.913. The smallest absolute Gasteiger partial charge is 0.226 e. The number of hydrogen-bond acceptors (Lipinski definition) is 12. The Bertz CT molecular complexity index is 3050. The lowest BCUT2D eigenvalue weighted by Gasteiger charge is -2.16. The minimum Gasteiger partial charge on any atom is -0.491 e. The first-order valence-corrected chi connectivity index (χ1v) is 22.0. The Morgan fingerprint density at radius 2 is 1.29 bits per heavy atom. The zero-order valence-corrected chi connectivity index (χ0v) is 33.6. The number of aromatic amines is 1. The first-order valence-electron chi connectivity index (χ1n) is 18.5. The van der Waals surface area contributed by atoms with Gasteiger partial charge in [0.15, 0.2) is 15.8 Å². The fourth-order valence-corrected chi connectivity index (χ4v) is 10.2. The number of aliphatic hydroxyl groups excluding tert-OH is 2. The number of nitrogens with one attached hydrogen (secondary N) is 1. The number of rotatable bonds is 13. The van der Waals surface area contributed by atoms with Crippen molar-refractivity contribution in [3.63, 3.8) is 0 Å². The van der Waals surface area contributed by atoms with Gasteiger partial charge in [-0.2, -0.15) is 10.2 Å². The van der Waals surface area contributed by atoms with E-state index in [0.29, 0.717) is 68.7 Å². The lowest BCUT2D eigenvalue weighted by Crippen LogP contribution is -2.15. The summed E-state index contributed by atoms with van der Waals surface area (Å²) in [5, 5.41) is 33.0. The van der Waals surface area contributed by atoms with Gasteiger partial charge >= 0.3 is 0 Å². The highest BCUT2D eigenvalue weighted by Gasteiger charge is 2.31. The molecule has 0 saturated heterocycles. The van der Waals surface area contributed by atoms with Crippen LogP contribution in [-0.2, 0) is 26.2 Å². The van der Waals surface area contributed by atoms with E-state index in [9.17, 15) is 16.8 Å². The molecule has 0 fully saturated rings. The van der Waals surface area contributed by atoms with Gasteiger partial charge in [0.05, 0.1) is 35.4 Å². The highest BCUT2D eigenvalue weighted by Crippen LogP contribution is 2.40. The van der Waals surface area contributed by atoms with E-state index in [1.54, 1.807) is 71.4 Å². The van der Waals surface area contributed by atoms with Crippen LogP contribution < -0.4 is 18.9 Å². The van der Waals surface area contributed by atoms with E-state index in [1.807, 2.05) is 42.5 Å². The van der Waals surface area contributed by atoms with Crippen LogP contribution in [0.2, 0.25) is 0 Å². The molecule has 59 heavy (non-hydrogen) atoms. The Morgan fingerprint density at radius 3 is 1.93 bits per heavy atom. The molecule has 0 radical (unpaired) electrons. The zero-order valence-electron chi connectivity index (χ0n) is 31.2. The predicted octanol–water partition coefficient (Wildman–Crippen LogP) is 6.32. The molecule has 1 aliphatic heterocycles. The topological polar surface area (TPSA) is 192 Å². The molecular weight excluding hydrogens is 820 g/mol. The van der Waals surface area contributed by atoms with Crippen LogP contribution in [0.3, 0.4) is 0 Å². The number of alkyl halides is 1. The summed E-state index contributed by atoms with van der Waals surface area (Å²) >= 11 is 5.73. The molecule has 304 valence electrons. The second kappa shape index (κ2) is 16.8. The lowest BCUT2D eigenvalue weighted by molar-refractivity contribution is 0.200. The summed E-state index contributed by atoms with van der Waals surface area (Å²) in [6, 6.07) is 31.5. The van der Waals surface area contributed by atoms with E-state index in [4.69, 9.17) is 40.8 Å². The Kier molecular flexibility index (Phi) is 11.3. The average molecular weight is 857 g/mol. The molecule has 0 atom stereocenters. The highest BCUT2D eigenvalue weighted by molar-refractivity contribution is 7.92. The van der Waals surface area contributed by atoms with Crippen LogP contribution in [0.1, 0.15) is 0 Å². The largest absolute Gasteiger partial charge is 0.491 e. The van der Waals surface area contributed by atoms with Crippen molar-refractivity contribution >= 4 is 74.6 Å². The maximum Gasteiger partial charge on any atom is 0.226 e. The van der Waals surface area contributed by atoms with Gasteiger partial charge in [-0.3, -0.25) is 9.78 Å². The predicted molar refractivity (Wildman–Crippen MR) is 221 cm³/mol. The molecule has 1 aliphatic rings. The van der Waals surface area contributed by atoms with E-state index < -0.39 is 19.7 Å². The fourth-order valence-electron chi connectivity index (χ4n) is 7.01. The van der Waals surface area contributed by atoms with Gasteiger partial charge in [-0.25, -0.2) is 16.8 Å². The molecule has 2 aromatic heterocycles. The van der Waals surface area contributed by atoms with Crippen molar-refractivity contribution in [3.05, 3.63) is 109 Å². The molecule has 14 nitrogen and oxygen atoms in total. The van der Waals surface area contributed by atoms with Crippen molar-refractivity contribution in [3.8, 4) is 23.0 Å². The molecule has 0 amide bonds. The SMILES string of the molecule is O=S(=O)(c1cccc2ccccc12)c1[nH]nc2c(OCCCl)cc(OCCO)cc12.O=S(=O)(c1cccc2ccccc12)c1nn2c3c(cc(OCCO)cc13)OCC2. The molecule has 3 heterocycles. The van der Waals surface area contributed by atoms with Crippen LogP contribution in [0.4, 0.5) is 0 Å². The van der Waals surface area contributed by atoms with Gasteiger partial charge in [0.2, 0.25) is 19.7 Å². The molecule has 0 saturated carbocycles. The van der Waals surface area contributed by atoms with E-state index in [2.05, 4.69) is 15.3 Å². The van der Waals surface area contributed by atoms with Crippen LogP contribution in [0.25, 0.3) is 43.4 Å². The third-order valence-electron chi connectivity index (χ3n) is 9.53. The maximum atomic E-state index is 13.7. The van der Waals surface area contributed by atoms with Crippen LogP contribution in [0, 0.1) is 0 Å². The molecule has 3 N–H and O–H groups in total. The molecule has 0 unspecified atom stereocenters. The quantitative estimate of drug-likeness (QED) is 0.110. The van der Waals surface area contributed by atoms with Gasteiger partial charge < -0.3 is 29.2 Å². The molecule has 0 aliphatic carbocycles. The molecule has 8 aromatic rings. The number of nitrogens with zero attached hydrogens (tertiary/aromatic N) is 3. The Balaban J connectivity index is 0.000000164. The molecule has 0 spiro atoms. The standard InChI is InChI=1S/C21H19ClN2O5S.C21H18N2O5S/c22-8-10-29-18-13-15(28-11-9-25)12-17-20(18)23-24-21(17)30(26,27)19-7-3-5-14-4-1-2-6-16(14)19;24-9-11-27-15-12-17-20-18(13-15)28-10-8-23(20)22-21(17)29(25,26)19-7-3-5-14-4-1-2-6-16(14)19/h1-7,12-13,25H,8-11H2,(H,23,24);1-7,12-13,24H,8-11H2. The average Bonchev–Trinajstić information content (AvgIpc) is 3.88. The van der Waals surface area contributed by atoms with Gasteiger partial charge in [0.25, 0.3) is 0 Å². The van der Waals surface area contributed by atoms with Crippen molar-refractivity contribution in [1.82, 2.24) is 20.0 Å². The summed E-state index contributed by atoms with van der Waals surface area (Å²) in [7, 11) is -7.83. The number of H-pyrrole nitrogens is 1. The summed E-state index contributed by atoms with van der Waals surface area (Å²) < 4.78 is 78.5. The second-order valence-corrected chi connectivity index (χ2v) is 17.3. The van der Waals surface area contributed by atoms with Gasteiger partial charge in [-0.05, 0) is 35.0 Å². The fraction of sp³-hybridized carbons (Fsp3) is 0.190. The number of sulfone groups is 2. The van der Waals surface area contributed by atoms with Crippen LogP contribution >= 0.6 is 11.6 Å². The van der Waals surface area contributed by atoms with Crippen molar-refractivity contribution in [2.24, 2.45) is 0 Å². The summed E-state index contributed by atoms with van der Waals surface area (Å²) in [5.41, 5.74) is 0.988. The number of fused-ring (bicyclic) bond motifs is 3. The minimum absolute atomic E-state index is 0.0231. The molecule has 6 aromatic carbocycles. The van der Waals surface area contributed by atoms with Crippen molar-refractivity contribution in [2.45, 2.75) is 26.4 Å². The van der Waals surface area contributed by atoms with Gasteiger partial charge in [0, 0.05) is 33.7 Å². The van der Waals surface area contributed by atoms with Gasteiger partial charge in [-0.15, -0.1) is 11.6 Å². The summed E-state index contributed by atoms with van der Waals surface area (Å²) in [4.78, 5) is 0.390. The first-order chi connectivity index (χ1) is 28.6. The van der Waals surface area contributed by atoms with E-state index in [-0.39, 0.29) is 58.8 Å². The number of ether oxygens (including phenoxy) is 4. The van der Waals surface area contributed by atoms with Crippen molar-refractivity contribution < 1.29 is 46.0 Å². The maximum absolute atomic E-state index is 13.7. The Hall–Kier alpha value is -5.91. The van der Waals surface area contributed by atoms with Crippen LogP contribution in [-0.4, -0.2) is 92.5 Å². The lowest BCUT2D eigenvalue weighted by atomic mass is 10.1. The normalized spacial score (nSPS) is 12.7. The second-order valence-electron chi connectivity index (χ2n) is 13.2. The highest BCUT2D eigenvalue weighted by atomic mass is 35.5. The molecular formula is C42H37ClN4O10S2. The van der Waals surface area contributed by atoms with Crippen molar-refractivity contribution in [1.29, 1.82) is 0 Å². The van der Waals surface area contributed by atoms with Crippen LogP contribution in [0.15, 0.2) is 129 Å². The third kappa shape index (κ3) is 7.61. The number of aromatic nitrogens is 4.